The van der Waals surface area contributed by atoms with Crippen molar-refractivity contribution in [2.45, 2.75) is 26.8 Å². The van der Waals surface area contributed by atoms with Crippen LogP contribution in [0.4, 0.5) is 4.39 Å². The Kier molecular flexibility index (Phi) is 4.49. The van der Waals surface area contributed by atoms with E-state index in [-0.39, 0.29) is 22.3 Å². The topological polar surface area (TPSA) is 15.3 Å². The van der Waals surface area contributed by atoms with Gasteiger partial charge < -0.3 is 5.32 Å². The third-order valence-electron chi connectivity index (χ3n) is 3.60. The minimum absolute atomic E-state index is 0.0818. The minimum atomic E-state index is -0.349. The summed E-state index contributed by atoms with van der Waals surface area (Å²) in [6.45, 7) is 10.7. The lowest BCUT2D eigenvalue weighted by molar-refractivity contribution is 0.0862. The van der Waals surface area contributed by atoms with Crippen LogP contribution in [0.2, 0.25) is 5.02 Å². The molecule has 1 aliphatic rings. The summed E-state index contributed by atoms with van der Waals surface area (Å²) in [4.78, 5) is 2.46. The lowest BCUT2D eigenvalue weighted by Gasteiger charge is -2.42. The van der Waals surface area contributed by atoms with E-state index in [9.17, 15) is 4.39 Å². The van der Waals surface area contributed by atoms with Gasteiger partial charge >= 0.3 is 0 Å². The van der Waals surface area contributed by atoms with E-state index < -0.39 is 0 Å². The summed E-state index contributed by atoms with van der Waals surface area (Å²) in [7, 11) is 0. The molecule has 106 valence electrons. The number of nitrogens with zero attached hydrogens (tertiary/aromatic N) is 1. The van der Waals surface area contributed by atoms with Gasteiger partial charge in [-0.15, -0.1) is 0 Å². The van der Waals surface area contributed by atoms with E-state index in [2.05, 4.69) is 31.0 Å². The first-order valence-electron chi connectivity index (χ1n) is 6.79. The number of rotatable bonds is 2. The maximum Gasteiger partial charge on any atom is 0.141 e. The molecular formula is C15H22ClFN2. The number of hydrogen-bond donors (Lipinski definition) is 1. The molecule has 0 aromatic heterocycles. The molecule has 1 atom stereocenters. The summed E-state index contributed by atoms with van der Waals surface area (Å²) >= 11 is 5.94. The highest BCUT2D eigenvalue weighted by Gasteiger charge is 2.32. The van der Waals surface area contributed by atoms with Crippen molar-refractivity contribution in [3.8, 4) is 0 Å². The highest BCUT2D eigenvalue weighted by molar-refractivity contribution is 6.30. The Hall–Kier alpha value is -0.640. The monoisotopic (exact) mass is 284 g/mol. The summed E-state index contributed by atoms with van der Waals surface area (Å²) in [5, 5.41) is 3.58. The van der Waals surface area contributed by atoms with Crippen molar-refractivity contribution in [3.63, 3.8) is 0 Å². The fourth-order valence-electron chi connectivity index (χ4n) is 2.88. The van der Waals surface area contributed by atoms with Crippen LogP contribution in [0.15, 0.2) is 18.2 Å². The Bertz CT molecular complexity index is 436. The number of piperazine rings is 1. The number of nitrogens with one attached hydrogen (secondary N) is 1. The van der Waals surface area contributed by atoms with E-state index in [0.29, 0.717) is 0 Å². The Morgan fingerprint density at radius 1 is 1.26 bits per heavy atom. The van der Waals surface area contributed by atoms with Gasteiger partial charge in [-0.05, 0) is 23.1 Å². The average Bonchev–Trinajstić information content (AvgIpc) is 2.34. The van der Waals surface area contributed by atoms with Crippen LogP contribution in [0.5, 0.6) is 0 Å². The van der Waals surface area contributed by atoms with Gasteiger partial charge in [0.2, 0.25) is 0 Å². The highest BCUT2D eigenvalue weighted by atomic mass is 35.5. The first-order chi connectivity index (χ1) is 8.89. The van der Waals surface area contributed by atoms with Crippen LogP contribution in [0, 0.1) is 11.2 Å². The van der Waals surface area contributed by atoms with Gasteiger partial charge in [-0.2, -0.15) is 0 Å². The third kappa shape index (κ3) is 3.47. The molecule has 1 aliphatic heterocycles. The molecule has 1 heterocycles. The molecule has 0 bridgehead atoms. The minimum Gasteiger partial charge on any atom is -0.314 e. The van der Waals surface area contributed by atoms with Gasteiger partial charge in [0, 0.05) is 32.2 Å². The van der Waals surface area contributed by atoms with Gasteiger partial charge in [0.25, 0.3) is 0 Å². The van der Waals surface area contributed by atoms with Gasteiger partial charge in [0.1, 0.15) is 5.82 Å². The average molecular weight is 285 g/mol. The molecule has 4 heteroatoms. The molecule has 1 aromatic carbocycles. The molecule has 1 aromatic rings. The first-order valence-corrected chi connectivity index (χ1v) is 7.17. The fraction of sp³-hybridized carbons (Fsp3) is 0.600. The van der Waals surface area contributed by atoms with Crippen LogP contribution in [0.25, 0.3) is 0 Å². The maximum atomic E-state index is 13.3. The van der Waals surface area contributed by atoms with E-state index in [1.807, 2.05) is 6.07 Å². The van der Waals surface area contributed by atoms with Crippen molar-refractivity contribution >= 4 is 11.6 Å². The molecule has 2 rings (SSSR count). The number of hydrogen-bond acceptors (Lipinski definition) is 2. The summed E-state index contributed by atoms with van der Waals surface area (Å²) in [5.41, 5.74) is 1.18. The van der Waals surface area contributed by atoms with Crippen molar-refractivity contribution in [2.24, 2.45) is 5.41 Å². The summed E-state index contributed by atoms with van der Waals surface area (Å²) in [5.74, 6) is -0.349. The Morgan fingerprint density at radius 3 is 2.42 bits per heavy atom. The molecule has 0 aliphatic carbocycles. The zero-order chi connectivity index (χ0) is 14.0. The van der Waals surface area contributed by atoms with E-state index in [1.165, 1.54) is 6.07 Å². The van der Waals surface area contributed by atoms with Crippen LogP contribution in [0.1, 0.15) is 32.4 Å². The first kappa shape index (κ1) is 14.8. The SMILES string of the molecule is CC(C)(C)[C@H](c1ccc(F)c(Cl)c1)N1CCNCC1. The second-order valence-corrected chi connectivity index (χ2v) is 6.64. The smallest absolute Gasteiger partial charge is 0.141 e. The van der Waals surface area contributed by atoms with E-state index >= 15 is 0 Å². The van der Waals surface area contributed by atoms with E-state index in [0.717, 1.165) is 31.7 Å². The van der Waals surface area contributed by atoms with Crippen LogP contribution in [-0.2, 0) is 0 Å². The summed E-state index contributed by atoms with van der Waals surface area (Å²) in [6.07, 6.45) is 0. The van der Waals surface area contributed by atoms with Gasteiger partial charge in [0.05, 0.1) is 5.02 Å². The summed E-state index contributed by atoms with van der Waals surface area (Å²) < 4.78 is 13.3. The van der Waals surface area contributed by atoms with Gasteiger partial charge in [0.15, 0.2) is 0 Å². The molecule has 2 nitrogen and oxygen atoms in total. The second kappa shape index (κ2) is 5.78. The number of benzene rings is 1. The zero-order valence-electron chi connectivity index (χ0n) is 11.8. The molecule has 0 radical (unpaired) electrons. The Balaban J connectivity index is 2.33. The third-order valence-corrected chi connectivity index (χ3v) is 3.89. The summed E-state index contributed by atoms with van der Waals surface area (Å²) in [6, 6.07) is 5.36. The lowest BCUT2D eigenvalue weighted by Crippen LogP contribution is -2.48. The van der Waals surface area contributed by atoms with Crippen LogP contribution in [0.3, 0.4) is 0 Å². The molecule has 0 unspecified atom stereocenters. The molecule has 19 heavy (non-hydrogen) atoms. The molecular weight excluding hydrogens is 263 g/mol. The van der Waals surface area contributed by atoms with Gasteiger partial charge in [-0.3, -0.25) is 4.90 Å². The van der Waals surface area contributed by atoms with E-state index in [1.54, 1.807) is 6.07 Å². The standard InChI is InChI=1S/C15H22ClFN2/c1-15(2,3)14(19-8-6-18-7-9-19)11-4-5-13(17)12(16)10-11/h4-5,10,14,18H,6-9H2,1-3H3/t14-/m0/s1. The molecule has 0 amide bonds. The molecule has 0 spiro atoms. The number of halogens is 2. The fourth-order valence-corrected chi connectivity index (χ4v) is 3.07. The van der Waals surface area contributed by atoms with Crippen molar-refractivity contribution < 1.29 is 4.39 Å². The highest BCUT2D eigenvalue weighted by Crippen LogP contribution is 2.39. The zero-order valence-corrected chi connectivity index (χ0v) is 12.6. The Labute approximate surface area is 119 Å². The molecule has 1 N–H and O–H groups in total. The van der Waals surface area contributed by atoms with Crippen LogP contribution >= 0.6 is 11.6 Å². The van der Waals surface area contributed by atoms with Gasteiger partial charge in [-0.25, -0.2) is 4.39 Å². The molecule has 0 saturated carbocycles. The second-order valence-electron chi connectivity index (χ2n) is 6.23. The van der Waals surface area contributed by atoms with Crippen molar-refractivity contribution in [2.75, 3.05) is 26.2 Å². The maximum absolute atomic E-state index is 13.3. The van der Waals surface area contributed by atoms with Crippen LogP contribution in [-0.4, -0.2) is 31.1 Å². The van der Waals surface area contributed by atoms with Crippen molar-refractivity contribution in [3.05, 3.63) is 34.6 Å². The predicted molar refractivity (Wildman–Crippen MR) is 78.0 cm³/mol. The molecule has 1 fully saturated rings. The molecule has 1 saturated heterocycles. The van der Waals surface area contributed by atoms with Crippen molar-refractivity contribution in [1.29, 1.82) is 0 Å². The quantitative estimate of drug-likeness (QED) is 0.895. The van der Waals surface area contributed by atoms with Crippen molar-refractivity contribution in [1.82, 2.24) is 10.2 Å². The largest absolute Gasteiger partial charge is 0.314 e. The normalized spacial score (nSPS) is 19.4. The lowest BCUT2D eigenvalue weighted by atomic mass is 9.81. The van der Waals surface area contributed by atoms with Gasteiger partial charge in [-0.1, -0.05) is 38.4 Å². The Morgan fingerprint density at radius 2 is 1.89 bits per heavy atom. The predicted octanol–water partition coefficient (Wildman–Crippen LogP) is 3.47. The van der Waals surface area contributed by atoms with Crippen LogP contribution < -0.4 is 5.32 Å². The van der Waals surface area contributed by atoms with E-state index in [4.69, 9.17) is 11.6 Å².